The van der Waals surface area contributed by atoms with Crippen molar-refractivity contribution in [1.29, 1.82) is 0 Å². The van der Waals surface area contributed by atoms with Crippen LogP contribution in [0, 0.1) is 5.41 Å². The predicted molar refractivity (Wildman–Crippen MR) is 74.7 cm³/mol. The molecule has 1 aliphatic rings. The quantitative estimate of drug-likeness (QED) is 0.869. The van der Waals surface area contributed by atoms with Crippen LogP contribution < -0.4 is 5.32 Å². The number of piperidine rings is 1. The molecule has 0 aromatic carbocycles. The highest BCUT2D eigenvalue weighted by molar-refractivity contribution is 9.10. The Morgan fingerprint density at radius 1 is 1.56 bits per heavy atom. The third kappa shape index (κ3) is 2.38. The molecule has 4 nitrogen and oxygen atoms in total. The fourth-order valence-electron chi connectivity index (χ4n) is 2.89. The van der Waals surface area contributed by atoms with E-state index < -0.39 is 0 Å². The van der Waals surface area contributed by atoms with Gasteiger partial charge in [0.15, 0.2) is 5.78 Å². The van der Waals surface area contributed by atoms with Crippen molar-refractivity contribution in [1.82, 2.24) is 15.1 Å². The van der Waals surface area contributed by atoms with E-state index >= 15 is 0 Å². The van der Waals surface area contributed by atoms with E-state index in [1.165, 1.54) is 0 Å². The normalized spacial score (nSPS) is 18.8. The smallest absolute Gasteiger partial charge is 0.188 e. The largest absolute Gasteiger partial charge is 0.317 e. The van der Waals surface area contributed by atoms with Gasteiger partial charge in [0.25, 0.3) is 0 Å². The summed E-state index contributed by atoms with van der Waals surface area (Å²) in [6.07, 6.45) is 5.56. The molecule has 1 aromatic heterocycles. The summed E-state index contributed by atoms with van der Waals surface area (Å²) >= 11 is 3.44. The first-order chi connectivity index (χ1) is 8.60. The molecule has 0 spiro atoms. The molecule has 1 fully saturated rings. The minimum absolute atomic E-state index is 0.198. The molecule has 18 heavy (non-hydrogen) atoms. The Kier molecular flexibility index (Phi) is 4.22. The molecule has 1 aliphatic heterocycles. The second-order valence-electron chi connectivity index (χ2n) is 5.07. The first-order valence-corrected chi connectivity index (χ1v) is 7.33. The molecule has 100 valence electrons. The van der Waals surface area contributed by atoms with Crippen LogP contribution in [-0.4, -0.2) is 28.7 Å². The number of halogens is 1. The van der Waals surface area contributed by atoms with Crippen molar-refractivity contribution in [3.63, 3.8) is 0 Å². The Balaban J connectivity index is 2.34. The zero-order valence-corrected chi connectivity index (χ0v) is 12.6. The van der Waals surface area contributed by atoms with Gasteiger partial charge >= 0.3 is 0 Å². The second-order valence-corrected chi connectivity index (χ2v) is 5.93. The molecule has 0 aliphatic carbocycles. The fourth-order valence-corrected chi connectivity index (χ4v) is 3.42. The Hall–Kier alpha value is -0.680. The first-order valence-electron chi connectivity index (χ1n) is 6.54. The summed E-state index contributed by atoms with van der Waals surface area (Å²) in [5, 5.41) is 7.50. The molecule has 0 unspecified atom stereocenters. The Labute approximate surface area is 116 Å². The number of nitrogens with zero attached hydrogens (tertiary/aromatic N) is 2. The molecule has 2 rings (SSSR count). The molecule has 2 heterocycles. The summed E-state index contributed by atoms with van der Waals surface area (Å²) in [5.74, 6) is 0.248. The van der Waals surface area contributed by atoms with Crippen molar-refractivity contribution in [3.8, 4) is 0 Å². The van der Waals surface area contributed by atoms with E-state index in [0.717, 1.165) is 43.2 Å². The molecular weight excluding hydrogens is 294 g/mol. The SMILES string of the molecule is CCCC1(C(=O)c2c(Br)cnn2C)CCNCC1. The molecule has 1 saturated heterocycles. The lowest BCUT2D eigenvalue weighted by Gasteiger charge is -2.36. The van der Waals surface area contributed by atoms with Crippen molar-refractivity contribution in [2.45, 2.75) is 32.6 Å². The van der Waals surface area contributed by atoms with Crippen molar-refractivity contribution in [2.24, 2.45) is 12.5 Å². The molecule has 0 saturated carbocycles. The van der Waals surface area contributed by atoms with Gasteiger partial charge in [-0.15, -0.1) is 0 Å². The van der Waals surface area contributed by atoms with Crippen molar-refractivity contribution < 1.29 is 4.79 Å². The predicted octanol–water partition coefficient (Wildman–Crippen LogP) is 2.54. The standard InChI is InChI=1S/C13H20BrN3O/c1-3-4-13(5-7-15-8-6-13)12(18)11-10(14)9-16-17(11)2/h9,15H,3-8H2,1-2H3. The van der Waals surface area contributed by atoms with Gasteiger partial charge in [0.1, 0.15) is 5.69 Å². The molecule has 0 amide bonds. The summed E-state index contributed by atoms with van der Waals surface area (Å²) < 4.78 is 2.50. The number of ketones is 1. The van der Waals surface area contributed by atoms with Crippen molar-refractivity contribution >= 4 is 21.7 Å². The summed E-state index contributed by atoms with van der Waals surface area (Å²) in [4.78, 5) is 12.9. The summed E-state index contributed by atoms with van der Waals surface area (Å²) in [7, 11) is 1.83. The second kappa shape index (κ2) is 5.53. The van der Waals surface area contributed by atoms with Crippen molar-refractivity contribution in [2.75, 3.05) is 13.1 Å². The zero-order chi connectivity index (χ0) is 13.2. The minimum Gasteiger partial charge on any atom is -0.317 e. The van der Waals surface area contributed by atoms with Gasteiger partial charge in [-0.25, -0.2) is 0 Å². The lowest BCUT2D eigenvalue weighted by Crippen LogP contribution is -2.42. The Bertz CT molecular complexity index is 410. The van der Waals surface area contributed by atoms with Crippen LogP contribution in [0.4, 0.5) is 0 Å². The number of aryl methyl sites for hydroxylation is 1. The number of carbonyl (C=O) groups excluding carboxylic acids is 1. The molecule has 0 radical (unpaired) electrons. The van der Waals surface area contributed by atoms with E-state index in [1.807, 2.05) is 7.05 Å². The number of carbonyl (C=O) groups is 1. The highest BCUT2D eigenvalue weighted by atomic mass is 79.9. The first kappa shape index (κ1) is 13.7. The average molecular weight is 314 g/mol. The van der Waals surface area contributed by atoms with E-state index in [1.54, 1.807) is 10.9 Å². The summed E-state index contributed by atoms with van der Waals surface area (Å²) in [5.41, 5.74) is 0.515. The molecular formula is C13H20BrN3O. The Morgan fingerprint density at radius 2 is 2.22 bits per heavy atom. The maximum absolute atomic E-state index is 12.9. The summed E-state index contributed by atoms with van der Waals surface area (Å²) in [6.45, 7) is 4.01. The van der Waals surface area contributed by atoms with Crippen LogP contribution in [0.15, 0.2) is 10.7 Å². The van der Waals surface area contributed by atoms with E-state index in [-0.39, 0.29) is 11.2 Å². The number of nitrogens with one attached hydrogen (secondary N) is 1. The van der Waals surface area contributed by atoms with Gasteiger partial charge in [-0.3, -0.25) is 9.48 Å². The van der Waals surface area contributed by atoms with Gasteiger partial charge in [0.05, 0.1) is 10.7 Å². The number of rotatable bonds is 4. The topological polar surface area (TPSA) is 46.9 Å². The third-order valence-electron chi connectivity index (χ3n) is 3.88. The van der Waals surface area contributed by atoms with Crippen LogP contribution in [0.2, 0.25) is 0 Å². The number of Topliss-reactive ketones (excluding diaryl/α,β-unsaturated/α-hetero) is 1. The number of aromatic nitrogens is 2. The third-order valence-corrected chi connectivity index (χ3v) is 4.46. The van der Waals surface area contributed by atoms with Crippen LogP contribution >= 0.6 is 15.9 Å². The molecule has 1 N–H and O–H groups in total. The lowest BCUT2D eigenvalue weighted by atomic mass is 9.71. The molecule has 1 aromatic rings. The average Bonchev–Trinajstić information content (AvgIpc) is 2.70. The number of hydrogen-bond acceptors (Lipinski definition) is 3. The molecule has 0 atom stereocenters. The van der Waals surface area contributed by atoms with Gasteiger partial charge < -0.3 is 5.32 Å². The van der Waals surface area contributed by atoms with Gasteiger partial charge in [-0.05, 0) is 48.3 Å². The maximum atomic E-state index is 12.9. The summed E-state index contributed by atoms with van der Waals surface area (Å²) in [6, 6.07) is 0. The molecule has 0 bridgehead atoms. The van der Waals surface area contributed by atoms with Gasteiger partial charge in [0, 0.05) is 12.5 Å². The van der Waals surface area contributed by atoms with Gasteiger partial charge in [-0.1, -0.05) is 13.3 Å². The van der Waals surface area contributed by atoms with Crippen molar-refractivity contribution in [3.05, 3.63) is 16.4 Å². The van der Waals surface area contributed by atoms with Gasteiger partial charge in [-0.2, -0.15) is 5.10 Å². The Morgan fingerprint density at radius 3 is 2.72 bits per heavy atom. The lowest BCUT2D eigenvalue weighted by molar-refractivity contribution is 0.0692. The number of hydrogen-bond donors (Lipinski definition) is 1. The van der Waals surface area contributed by atoms with Crippen LogP contribution in [0.5, 0.6) is 0 Å². The van der Waals surface area contributed by atoms with Crippen LogP contribution in [-0.2, 0) is 7.05 Å². The van der Waals surface area contributed by atoms with Crippen LogP contribution in [0.1, 0.15) is 43.1 Å². The van der Waals surface area contributed by atoms with E-state index in [4.69, 9.17) is 0 Å². The van der Waals surface area contributed by atoms with E-state index in [2.05, 4.69) is 33.3 Å². The van der Waals surface area contributed by atoms with Gasteiger partial charge in [0.2, 0.25) is 0 Å². The monoisotopic (exact) mass is 313 g/mol. The fraction of sp³-hybridized carbons (Fsp3) is 0.692. The van der Waals surface area contributed by atoms with E-state index in [9.17, 15) is 4.79 Å². The zero-order valence-electron chi connectivity index (χ0n) is 11.0. The molecule has 5 heteroatoms. The minimum atomic E-state index is -0.198. The van der Waals surface area contributed by atoms with Crippen LogP contribution in [0.25, 0.3) is 0 Å². The maximum Gasteiger partial charge on any atom is 0.188 e. The highest BCUT2D eigenvalue weighted by Gasteiger charge is 2.40. The highest BCUT2D eigenvalue weighted by Crippen LogP contribution is 2.38. The van der Waals surface area contributed by atoms with E-state index in [0.29, 0.717) is 5.69 Å². The van der Waals surface area contributed by atoms with Crippen LogP contribution in [0.3, 0.4) is 0 Å².